The number of benzene rings is 2. The maximum absolute atomic E-state index is 13.1. The van der Waals surface area contributed by atoms with E-state index in [0.29, 0.717) is 31.1 Å². The molecule has 6 nitrogen and oxygen atoms in total. The number of hydrogen-bond donors (Lipinski definition) is 2. The normalized spacial score (nSPS) is 13.2. The lowest BCUT2D eigenvalue weighted by Gasteiger charge is -2.34. The lowest BCUT2D eigenvalue weighted by atomic mass is 9.70. The molecule has 0 bridgehead atoms. The van der Waals surface area contributed by atoms with Crippen LogP contribution in [0.4, 0.5) is 26.3 Å². The second-order valence-corrected chi connectivity index (χ2v) is 10.1. The summed E-state index contributed by atoms with van der Waals surface area (Å²) >= 11 is 0. The minimum atomic E-state index is -5.92. The van der Waals surface area contributed by atoms with E-state index in [2.05, 4.69) is 26.7 Å². The summed E-state index contributed by atoms with van der Waals surface area (Å²) in [7, 11) is 0. The van der Waals surface area contributed by atoms with Crippen LogP contribution in [0.3, 0.4) is 0 Å². The zero-order chi connectivity index (χ0) is 30.5. The van der Waals surface area contributed by atoms with Crippen LogP contribution in [0, 0.1) is 13.8 Å². The first-order valence-corrected chi connectivity index (χ1v) is 13.3. The van der Waals surface area contributed by atoms with Crippen molar-refractivity contribution < 1.29 is 36.2 Å². The highest BCUT2D eigenvalue weighted by Crippen LogP contribution is 2.45. The fourth-order valence-electron chi connectivity index (χ4n) is 4.92. The Labute approximate surface area is 234 Å². The highest BCUT2D eigenvalue weighted by Gasteiger charge is 2.68. The van der Waals surface area contributed by atoms with Crippen molar-refractivity contribution in [3.05, 3.63) is 76.1 Å². The average Bonchev–Trinajstić information content (AvgIpc) is 3.42. The second-order valence-electron chi connectivity index (χ2n) is 10.1. The predicted octanol–water partition coefficient (Wildman–Crippen LogP) is 7.19. The second kappa shape index (κ2) is 12.6. The molecule has 0 unspecified atom stereocenters. The maximum atomic E-state index is 13.1. The van der Waals surface area contributed by atoms with Crippen LogP contribution in [0.15, 0.2) is 42.5 Å². The van der Waals surface area contributed by atoms with Gasteiger partial charge in [-0.3, -0.25) is 0 Å². The monoisotopic (exact) mass is 584 g/mol. The molecule has 0 fully saturated rings. The third-order valence-electron chi connectivity index (χ3n) is 7.58. The highest BCUT2D eigenvalue weighted by molar-refractivity contribution is 5.57. The van der Waals surface area contributed by atoms with Gasteiger partial charge in [0.05, 0.1) is 6.61 Å². The molecule has 0 aliphatic carbocycles. The summed E-state index contributed by atoms with van der Waals surface area (Å²) in [5.74, 6) is 1.49. The first kappa shape index (κ1) is 32.1. The van der Waals surface area contributed by atoms with Crippen molar-refractivity contribution in [3.8, 4) is 5.75 Å². The SMILES string of the molecule is CCC(CC)(c1ccc(/C=C/C(O)(C(F)(F)F)C(F)(F)F)c(C)c1)c1ccc(OCCCCc2nnn[nH]2)c(C)c1. The molecule has 0 amide bonds. The van der Waals surface area contributed by atoms with E-state index in [4.69, 9.17) is 4.74 Å². The van der Waals surface area contributed by atoms with Crippen LogP contribution >= 0.6 is 0 Å². The number of nitrogens with zero attached hydrogens (tertiary/aromatic N) is 3. The first-order valence-electron chi connectivity index (χ1n) is 13.3. The summed E-state index contributed by atoms with van der Waals surface area (Å²) in [6.45, 7) is 8.16. The summed E-state index contributed by atoms with van der Waals surface area (Å²) in [6.07, 6.45) is -7.60. The summed E-state index contributed by atoms with van der Waals surface area (Å²) in [4.78, 5) is 0. The molecule has 2 N–H and O–H groups in total. The third-order valence-corrected chi connectivity index (χ3v) is 7.58. The summed E-state index contributed by atoms with van der Waals surface area (Å²) in [5.41, 5.74) is -1.92. The van der Waals surface area contributed by atoms with Gasteiger partial charge in [0.15, 0.2) is 0 Å². The zero-order valence-corrected chi connectivity index (χ0v) is 23.3. The number of aromatic nitrogens is 4. The van der Waals surface area contributed by atoms with Gasteiger partial charge in [0.2, 0.25) is 0 Å². The molecule has 1 heterocycles. The molecule has 2 aromatic carbocycles. The number of aryl methyl sites for hydroxylation is 3. The molecule has 41 heavy (non-hydrogen) atoms. The molecule has 3 rings (SSSR count). The molecule has 0 atom stereocenters. The van der Waals surface area contributed by atoms with Gasteiger partial charge >= 0.3 is 12.4 Å². The molecule has 12 heteroatoms. The fourth-order valence-corrected chi connectivity index (χ4v) is 4.92. The largest absolute Gasteiger partial charge is 0.493 e. The van der Waals surface area contributed by atoms with Crippen LogP contribution in [0.5, 0.6) is 5.75 Å². The quantitative estimate of drug-likeness (QED) is 0.174. The standard InChI is InChI=1S/C29H34F6N4O2/c1-5-26(6-2,23-12-13-24(20(4)18-23)41-16-8-7-9-25-36-38-39-37-25)22-11-10-21(19(3)17-22)14-15-27(40,28(30,31)32)29(33,34)35/h10-15,17-18,40H,5-9,16H2,1-4H3,(H,36,37,38,39)/b15-14+. The molecule has 0 spiro atoms. The van der Waals surface area contributed by atoms with E-state index in [-0.39, 0.29) is 11.6 Å². The molecule has 224 valence electrons. The van der Waals surface area contributed by atoms with Crippen LogP contribution in [0.2, 0.25) is 0 Å². The highest BCUT2D eigenvalue weighted by atomic mass is 19.4. The molecule has 3 aromatic rings. The summed E-state index contributed by atoms with van der Waals surface area (Å²) in [6, 6.07) is 10.9. The van der Waals surface area contributed by atoms with Gasteiger partial charge in [-0.2, -0.15) is 26.3 Å². The van der Waals surface area contributed by atoms with Gasteiger partial charge in [0, 0.05) is 11.8 Å². The number of ether oxygens (including phenoxy) is 1. The Morgan fingerprint density at radius 1 is 0.878 bits per heavy atom. The van der Waals surface area contributed by atoms with E-state index in [0.717, 1.165) is 47.5 Å². The van der Waals surface area contributed by atoms with Gasteiger partial charge < -0.3 is 9.84 Å². The van der Waals surface area contributed by atoms with E-state index in [1.165, 1.54) is 6.07 Å². The van der Waals surface area contributed by atoms with Crippen LogP contribution in [0.25, 0.3) is 6.08 Å². The number of rotatable bonds is 12. The van der Waals surface area contributed by atoms with Gasteiger partial charge in [-0.25, -0.2) is 5.10 Å². The van der Waals surface area contributed by atoms with Crippen molar-refractivity contribution in [2.24, 2.45) is 0 Å². The van der Waals surface area contributed by atoms with Crippen molar-refractivity contribution in [3.63, 3.8) is 0 Å². The number of hydrogen-bond acceptors (Lipinski definition) is 5. The molecular weight excluding hydrogens is 550 g/mol. The minimum absolute atomic E-state index is 0.140. The molecule has 0 saturated carbocycles. The predicted molar refractivity (Wildman–Crippen MR) is 142 cm³/mol. The number of unbranched alkanes of at least 4 members (excludes halogenated alkanes) is 1. The summed E-state index contributed by atoms with van der Waals surface area (Å²) < 4.78 is 84.5. The Bertz CT molecular complexity index is 1300. The van der Waals surface area contributed by atoms with E-state index >= 15 is 0 Å². The average molecular weight is 585 g/mol. The number of aromatic amines is 1. The Hall–Kier alpha value is -3.41. The Kier molecular flexibility index (Phi) is 9.89. The van der Waals surface area contributed by atoms with E-state index in [9.17, 15) is 31.4 Å². The zero-order valence-electron chi connectivity index (χ0n) is 23.3. The number of alkyl halides is 6. The molecule has 1 aromatic heterocycles. The minimum Gasteiger partial charge on any atom is -0.493 e. The van der Waals surface area contributed by atoms with Crippen LogP contribution in [0.1, 0.15) is 73.2 Å². The van der Waals surface area contributed by atoms with Gasteiger partial charge in [0.1, 0.15) is 11.6 Å². The smallest absolute Gasteiger partial charge is 0.430 e. The number of nitrogens with one attached hydrogen (secondary N) is 1. The first-order chi connectivity index (χ1) is 19.2. The van der Waals surface area contributed by atoms with Crippen LogP contribution < -0.4 is 4.74 Å². The molecule has 0 aliphatic rings. The van der Waals surface area contributed by atoms with E-state index in [1.807, 2.05) is 32.9 Å². The third kappa shape index (κ3) is 6.91. The van der Waals surface area contributed by atoms with Crippen molar-refractivity contribution in [1.82, 2.24) is 20.6 Å². The van der Waals surface area contributed by atoms with Crippen molar-refractivity contribution in [2.45, 2.75) is 83.2 Å². The van der Waals surface area contributed by atoms with Crippen molar-refractivity contribution in [1.29, 1.82) is 0 Å². The van der Waals surface area contributed by atoms with Gasteiger partial charge in [-0.1, -0.05) is 50.3 Å². The fraction of sp³-hybridized carbons (Fsp3) is 0.483. The van der Waals surface area contributed by atoms with E-state index < -0.39 is 23.4 Å². The van der Waals surface area contributed by atoms with E-state index in [1.54, 1.807) is 19.1 Å². The number of aliphatic hydroxyl groups is 1. The Morgan fingerprint density at radius 3 is 2.00 bits per heavy atom. The van der Waals surface area contributed by atoms with Gasteiger partial charge in [0.25, 0.3) is 5.60 Å². The topological polar surface area (TPSA) is 83.9 Å². The van der Waals surface area contributed by atoms with Gasteiger partial charge in [-0.15, -0.1) is 5.10 Å². The lowest BCUT2D eigenvalue weighted by Crippen LogP contribution is -2.55. The Balaban J connectivity index is 1.81. The number of tetrazole rings is 1. The maximum Gasteiger partial charge on any atom is 0.430 e. The van der Waals surface area contributed by atoms with Crippen molar-refractivity contribution in [2.75, 3.05) is 6.61 Å². The number of halogens is 6. The number of H-pyrrole nitrogens is 1. The Morgan fingerprint density at radius 2 is 1.49 bits per heavy atom. The van der Waals surface area contributed by atoms with Crippen molar-refractivity contribution >= 4 is 6.08 Å². The molecular formula is C29H34F6N4O2. The molecule has 0 aliphatic heterocycles. The summed E-state index contributed by atoms with van der Waals surface area (Å²) in [5, 5.41) is 23.1. The van der Waals surface area contributed by atoms with Gasteiger partial charge in [-0.05, 0) is 89.9 Å². The molecule has 0 radical (unpaired) electrons. The molecule has 0 saturated heterocycles. The lowest BCUT2D eigenvalue weighted by molar-refractivity contribution is -0.347. The van der Waals surface area contributed by atoms with Crippen LogP contribution in [-0.4, -0.2) is 50.3 Å². The van der Waals surface area contributed by atoms with Crippen LogP contribution in [-0.2, 0) is 11.8 Å².